The number of carbonyl (C=O) groups is 1. The summed E-state index contributed by atoms with van der Waals surface area (Å²) < 4.78 is 32.5. The quantitative estimate of drug-likeness (QED) is 0.132. The van der Waals surface area contributed by atoms with Crippen molar-refractivity contribution >= 4 is 28.7 Å². The fraction of sp³-hybridized carbons (Fsp3) is 0.386. The smallest absolute Gasteiger partial charge is 0.241 e. The van der Waals surface area contributed by atoms with Crippen molar-refractivity contribution in [3.8, 4) is 0 Å². The van der Waals surface area contributed by atoms with Gasteiger partial charge in [-0.1, -0.05) is 61.2 Å². The van der Waals surface area contributed by atoms with Crippen LogP contribution in [0.5, 0.6) is 0 Å². The Bertz CT molecular complexity index is 1780. The second kappa shape index (κ2) is 15.7. The minimum atomic E-state index is -0.528. The third-order valence-electron chi connectivity index (χ3n) is 11.8. The van der Waals surface area contributed by atoms with E-state index in [1.165, 1.54) is 17.7 Å². The summed E-state index contributed by atoms with van der Waals surface area (Å²) in [4.78, 5) is 16.8. The lowest BCUT2D eigenvalue weighted by molar-refractivity contribution is -0.117. The van der Waals surface area contributed by atoms with E-state index in [9.17, 15) is 4.79 Å². The summed E-state index contributed by atoms with van der Waals surface area (Å²) in [5.74, 6) is -0.685. The number of anilines is 4. The van der Waals surface area contributed by atoms with Crippen molar-refractivity contribution in [2.45, 2.75) is 81.5 Å². The summed E-state index contributed by atoms with van der Waals surface area (Å²) in [6.45, 7) is 7.33. The molecular formula is C44H50F2N6O. The van der Waals surface area contributed by atoms with Crippen LogP contribution in [0.25, 0.3) is 0 Å². The van der Waals surface area contributed by atoms with E-state index < -0.39 is 11.6 Å². The van der Waals surface area contributed by atoms with E-state index in [2.05, 4.69) is 81.3 Å². The molecule has 4 aromatic carbocycles. The number of benzene rings is 4. The van der Waals surface area contributed by atoms with Gasteiger partial charge in [0, 0.05) is 41.9 Å². The van der Waals surface area contributed by atoms with Crippen LogP contribution in [-0.2, 0) is 4.79 Å². The molecule has 0 spiro atoms. The summed E-state index contributed by atoms with van der Waals surface area (Å²) in [6, 6.07) is 29.7. The maximum Gasteiger partial charge on any atom is 0.241 e. The van der Waals surface area contributed by atoms with Crippen LogP contribution in [0, 0.1) is 11.6 Å². The Morgan fingerprint density at radius 1 is 0.660 bits per heavy atom. The van der Waals surface area contributed by atoms with E-state index in [0.717, 1.165) is 92.7 Å². The Kier molecular flexibility index (Phi) is 10.5. The van der Waals surface area contributed by atoms with Gasteiger partial charge in [-0.25, -0.2) is 8.78 Å². The van der Waals surface area contributed by atoms with Gasteiger partial charge in [-0.2, -0.15) is 0 Å². The third kappa shape index (κ3) is 7.69. The highest BCUT2D eigenvalue weighted by atomic mass is 19.1. The van der Waals surface area contributed by atoms with Gasteiger partial charge in [0.1, 0.15) is 5.69 Å². The number of nitrogens with zero attached hydrogens (tertiary/aromatic N) is 2. The Morgan fingerprint density at radius 2 is 1.21 bits per heavy atom. The second-order valence-electron chi connectivity index (χ2n) is 15.1. The topological polar surface area (TPSA) is 71.7 Å². The van der Waals surface area contributed by atoms with Gasteiger partial charge in [0.15, 0.2) is 11.6 Å². The maximum atomic E-state index is 16.3. The van der Waals surface area contributed by atoms with Crippen LogP contribution in [0.1, 0.15) is 86.1 Å². The molecule has 0 radical (unpaired) electrons. The molecule has 4 atom stereocenters. The van der Waals surface area contributed by atoms with E-state index in [1.54, 1.807) is 0 Å². The molecule has 0 aliphatic carbocycles. The average Bonchev–Trinajstić information content (AvgIpc) is 3.99. The Balaban J connectivity index is 1.05. The number of hydrogen-bond donors (Lipinski definition) is 4. The van der Waals surface area contributed by atoms with Crippen molar-refractivity contribution in [2.75, 3.05) is 46.6 Å². The molecule has 0 saturated carbocycles. The van der Waals surface area contributed by atoms with E-state index in [0.29, 0.717) is 24.7 Å². The van der Waals surface area contributed by atoms with E-state index in [4.69, 9.17) is 0 Å². The molecule has 4 aromatic rings. The van der Waals surface area contributed by atoms with Crippen LogP contribution >= 0.6 is 0 Å². The maximum absolute atomic E-state index is 16.3. The zero-order chi connectivity index (χ0) is 36.3. The standard InChI is InChI=1S/C44H50F2N6O/c1-29(39-9-5-23-47-39)49-34-15-11-32(12-16-34)41-19-20-42(33-13-17-35(18-14-33)50-44(53)40-10-6-24-48-40)52(41)36-27-37(45)43(38(46)28-36)51-25-21-31(22-26-51)30-7-3-2-4-8-30/h2-4,7-8,11-18,27-28,31,39-42,47-49H,1,5-6,9-10,19-26H2,(H,50,53)/t39-,40-,41-,42-/m0/s1. The first-order valence-corrected chi connectivity index (χ1v) is 19.4. The summed E-state index contributed by atoms with van der Waals surface area (Å²) >= 11 is 0. The molecule has 4 heterocycles. The fourth-order valence-electron chi connectivity index (χ4n) is 8.96. The van der Waals surface area contributed by atoms with Crippen molar-refractivity contribution in [3.05, 3.63) is 132 Å². The molecule has 4 aliphatic rings. The van der Waals surface area contributed by atoms with Crippen LogP contribution in [0.3, 0.4) is 0 Å². The zero-order valence-electron chi connectivity index (χ0n) is 30.3. The van der Waals surface area contributed by atoms with Crippen molar-refractivity contribution in [1.29, 1.82) is 0 Å². The monoisotopic (exact) mass is 716 g/mol. The number of amides is 1. The van der Waals surface area contributed by atoms with Crippen molar-refractivity contribution < 1.29 is 13.6 Å². The number of hydrogen-bond acceptors (Lipinski definition) is 6. The number of nitrogens with one attached hydrogen (secondary N) is 4. The van der Waals surface area contributed by atoms with Crippen molar-refractivity contribution in [3.63, 3.8) is 0 Å². The van der Waals surface area contributed by atoms with Crippen molar-refractivity contribution in [2.24, 2.45) is 0 Å². The Hall–Kier alpha value is -4.73. The van der Waals surface area contributed by atoms with Crippen molar-refractivity contribution in [1.82, 2.24) is 10.6 Å². The molecule has 1 amide bonds. The molecule has 276 valence electrons. The van der Waals surface area contributed by atoms with Crippen LogP contribution in [0.4, 0.5) is 31.5 Å². The lowest BCUT2D eigenvalue weighted by atomic mass is 9.89. The number of piperidine rings is 1. The number of rotatable bonds is 10. The Labute approximate surface area is 311 Å². The fourth-order valence-corrected chi connectivity index (χ4v) is 8.96. The highest BCUT2D eigenvalue weighted by molar-refractivity contribution is 5.95. The lowest BCUT2D eigenvalue weighted by Gasteiger charge is -2.36. The van der Waals surface area contributed by atoms with Gasteiger partial charge in [0.05, 0.1) is 18.1 Å². The number of halogens is 2. The number of carbonyl (C=O) groups excluding carboxylic acids is 1. The molecule has 8 rings (SSSR count). The first-order chi connectivity index (χ1) is 25.9. The first-order valence-electron chi connectivity index (χ1n) is 19.4. The predicted octanol–water partition coefficient (Wildman–Crippen LogP) is 8.80. The third-order valence-corrected chi connectivity index (χ3v) is 11.8. The van der Waals surface area contributed by atoms with E-state index in [1.807, 2.05) is 35.2 Å². The zero-order valence-corrected chi connectivity index (χ0v) is 30.3. The van der Waals surface area contributed by atoms with Gasteiger partial charge >= 0.3 is 0 Å². The molecular weight excluding hydrogens is 667 g/mol. The van der Waals surface area contributed by atoms with Crippen LogP contribution in [0.2, 0.25) is 0 Å². The Morgan fingerprint density at radius 3 is 1.75 bits per heavy atom. The lowest BCUT2D eigenvalue weighted by Crippen LogP contribution is -2.35. The van der Waals surface area contributed by atoms with Crippen LogP contribution < -0.4 is 31.1 Å². The molecule has 7 nitrogen and oxygen atoms in total. The SMILES string of the molecule is C=C(Nc1ccc([C@@H]2CC[C@@H](c3ccc(NC(=O)[C@@H]4CCCN4)cc3)N2c2cc(F)c(N3CCC(c4ccccc4)CC3)c(F)c2)cc1)[C@@H]1CCCN1. The van der Waals surface area contributed by atoms with Gasteiger partial charge < -0.3 is 31.1 Å². The molecule has 0 unspecified atom stereocenters. The average molecular weight is 717 g/mol. The van der Waals surface area contributed by atoms with Crippen LogP contribution in [0.15, 0.2) is 103 Å². The molecule has 0 bridgehead atoms. The highest BCUT2D eigenvalue weighted by Gasteiger charge is 2.37. The van der Waals surface area contributed by atoms with E-state index in [-0.39, 0.29) is 35.8 Å². The molecule has 0 aromatic heterocycles. The van der Waals surface area contributed by atoms with Gasteiger partial charge in [0.25, 0.3) is 0 Å². The minimum absolute atomic E-state index is 0.0193. The summed E-state index contributed by atoms with van der Waals surface area (Å²) in [5, 5.41) is 13.3. The van der Waals surface area contributed by atoms with Gasteiger partial charge in [-0.3, -0.25) is 4.79 Å². The molecule has 4 saturated heterocycles. The molecule has 4 fully saturated rings. The summed E-state index contributed by atoms with van der Waals surface area (Å²) in [7, 11) is 0. The van der Waals surface area contributed by atoms with Gasteiger partial charge in [-0.05, 0) is 123 Å². The largest absolute Gasteiger partial charge is 0.367 e. The molecule has 4 N–H and O–H groups in total. The first kappa shape index (κ1) is 35.3. The molecule has 4 aliphatic heterocycles. The van der Waals surface area contributed by atoms with Gasteiger partial charge in [0.2, 0.25) is 5.91 Å². The summed E-state index contributed by atoms with van der Waals surface area (Å²) in [5.41, 5.74) is 6.68. The minimum Gasteiger partial charge on any atom is -0.367 e. The summed E-state index contributed by atoms with van der Waals surface area (Å²) in [6.07, 6.45) is 7.39. The predicted molar refractivity (Wildman–Crippen MR) is 211 cm³/mol. The van der Waals surface area contributed by atoms with Crippen LogP contribution in [-0.4, -0.2) is 44.2 Å². The van der Waals surface area contributed by atoms with Gasteiger partial charge in [-0.15, -0.1) is 0 Å². The molecule has 9 heteroatoms. The second-order valence-corrected chi connectivity index (χ2v) is 15.1. The normalized spacial score (nSPS) is 23.4. The molecule has 53 heavy (non-hydrogen) atoms. The van der Waals surface area contributed by atoms with E-state index >= 15 is 8.78 Å². The highest BCUT2D eigenvalue weighted by Crippen LogP contribution is 2.48.